The molecule has 2 bridgehead atoms. The summed E-state index contributed by atoms with van der Waals surface area (Å²) in [5.74, 6) is 1.21. The van der Waals surface area contributed by atoms with E-state index in [4.69, 9.17) is 24.3 Å². The van der Waals surface area contributed by atoms with Gasteiger partial charge in [-0.1, -0.05) is 39.3 Å². The lowest BCUT2D eigenvalue weighted by Crippen LogP contribution is -2.48. The summed E-state index contributed by atoms with van der Waals surface area (Å²) >= 11 is 2.33. The Morgan fingerprint density at radius 1 is 1.00 bits per heavy atom. The molecule has 1 amide bonds. The van der Waals surface area contributed by atoms with E-state index in [0.29, 0.717) is 13.5 Å². The molecule has 236 valence electrons. The molecule has 2 aromatic rings. The Morgan fingerprint density at radius 3 is 2.05 bits per heavy atom. The third-order valence-electron chi connectivity index (χ3n) is 8.00. The molecular weight excluding hydrogens is 677 g/mol. The molecular formula is C30H52IN5O4Si2. The number of carbonyl (C=O) groups is 1. The van der Waals surface area contributed by atoms with Crippen molar-refractivity contribution >= 4 is 56.3 Å². The number of nitrogens with zero attached hydrogens (tertiary/aromatic N) is 5. The zero-order chi connectivity index (χ0) is 30.9. The molecule has 42 heavy (non-hydrogen) atoms. The molecule has 2 unspecified atom stereocenters. The van der Waals surface area contributed by atoms with Gasteiger partial charge < -0.3 is 24.0 Å². The van der Waals surface area contributed by atoms with Gasteiger partial charge in [-0.2, -0.15) is 9.61 Å². The van der Waals surface area contributed by atoms with Gasteiger partial charge in [-0.3, -0.25) is 0 Å². The smallest absolute Gasteiger partial charge is 0.410 e. The van der Waals surface area contributed by atoms with Crippen LogP contribution in [0.25, 0.3) is 5.65 Å². The minimum atomic E-state index is -1.20. The first-order chi connectivity index (χ1) is 19.5. The lowest BCUT2D eigenvalue weighted by molar-refractivity contribution is 0.00569. The van der Waals surface area contributed by atoms with Gasteiger partial charge in [-0.15, -0.1) is 0 Å². The van der Waals surface area contributed by atoms with Crippen molar-refractivity contribution in [3.05, 3.63) is 21.5 Å². The number of piperidine rings is 1. The van der Waals surface area contributed by atoms with Gasteiger partial charge in [0.15, 0.2) is 5.65 Å². The van der Waals surface area contributed by atoms with Crippen molar-refractivity contribution in [1.82, 2.24) is 19.5 Å². The van der Waals surface area contributed by atoms with E-state index in [0.717, 1.165) is 71.7 Å². The number of hydrogen-bond donors (Lipinski definition) is 0. The average Bonchev–Trinajstić information content (AvgIpc) is 3.36. The van der Waals surface area contributed by atoms with Crippen LogP contribution in [0.2, 0.25) is 51.4 Å². The quantitative estimate of drug-likeness (QED) is 0.0975. The average molecular weight is 730 g/mol. The zero-order valence-corrected chi connectivity index (χ0v) is 31.4. The van der Waals surface area contributed by atoms with E-state index in [1.807, 2.05) is 36.4 Å². The molecule has 2 fully saturated rings. The van der Waals surface area contributed by atoms with Crippen LogP contribution in [0.4, 0.5) is 10.6 Å². The second kappa shape index (κ2) is 13.4. The standard InChI is InChI=1S/C30H52IN5O4Si2/c1-30(2,3)40-29(37)35-23-10-11-24(35)17-22(16-23)26-18-27(36-28(33-26)25(31)19-32-36)34(20-38-12-14-41(4,5)6)21-39-13-15-42(7,8)9/h18-19,22-24H,10-17,20-21H2,1-9H3/t22?,23-,24?/m0/s1. The summed E-state index contributed by atoms with van der Waals surface area (Å²) in [5, 5.41) is 4.71. The second-order valence-electron chi connectivity index (χ2n) is 15.4. The Bertz CT molecular complexity index is 1190. The topological polar surface area (TPSA) is 81.4 Å². The normalized spacial score (nSPS) is 21.3. The molecule has 0 spiro atoms. The highest BCUT2D eigenvalue weighted by atomic mass is 127. The highest BCUT2D eigenvalue weighted by Crippen LogP contribution is 2.44. The second-order valence-corrected chi connectivity index (χ2v) is 27.8. The van der Waals surface area contributed by atoms with Crippen LogP contribution >= 0.6 is 22.6 Å². The fourth-order valence-corrected chi connectivity index (χ4v) is 7.67. The van der Waals surface area contributed by atoms with Gasteiger partial charge in [0.05, 0.1) is 9.77 Å². The maximum absolute atomic E-state index is 13.1. The van der Waals surface area contributed by atoms with Crippen LogP contribution in [0.15, 0.2) is 12.3 Å². The number of carbonyl (C=O) groups excluding carboxylic acids is 1. The van der Waals surface area contributed by atoms with Crippen LogP contribution in [-0.2, 0) is 14.2 Å². The number of halogens is 1. The molecule has 2 aliphatic rings. The van der Waals surface area contributed by atoms with E-state index in [2.05, 4.69) is 72.8 Å². The minimum absolute atomic E-state index is 0.181. The molecule has 12 heteroatoms. The summed E-state index contributed by atoms with van der Waals surface area (Å²) in [6, 6.07) is 4.78. The summed E-state index contributed by atoms with van der Waals surface area (Å²) in [6.45, 7) is 22.4. The van der Waals surface area contributed by atoms with Crippen molar-refractivity contribution in [2.45, 2.75) is 121 Å². The molecule has 3 atom stereocenters. The van der Waals surface area contributed by atoms with Gasteiger partial charge in [0, 0.05) is 59.1 Å². The van der Waals surface area contributed by atoms with Crippen LogP contribution in [0.3, 0.4) is 0 Å². The van der Waals surface area contributed by atoms with Gasteiger partial charge in [-0.25, -0.2) is 9.78 Å². The van der Waals surface area contributed by atoms with E-state index >= 15 is 0 Å². The van der Waals surface area contributed by atoms with Crippen LogP contribution < -0.4 is 4.90 Å². The number of hydrogen-bond acceptors (Lipinski definition) is 7. The first-order valence-corrected chi connectivity index (χ1v) is 24.0. The van der Waals surface area contributed by atoms with Gasteiger partial charge in [0.2, 0.25) is 0 Å². The predicted octanol–water partition coefficient (Wildman–Crippen LogP) is 7.41. The zero-order valence-electron chi connectivity index (χ0n) is 27.2. The highest BCUT2D eigenvalue weighted by Gasteiger charge is 2.45. The molecule has 0 radical (unpaired) electrons. The Balaban J connectivity index is 1.58. The summed E-state index contributed by atoms with van der Waals surface area (Å²) < 4.78 is 21.2. The Morgan fingerprint density at radius 2 is 1.55 bits per heavy atom. The molecule has 0 N–H and O–H groups in total. The summed E-state index contributed by atoms with van der Waals surface area (Å²) in [4.78, 5) is 22.4. The molecule has 2 aliphatic heterocycles. The van der Waals surface area contributed by atoms with Crippen LogP contribution in [-0.4, -0.2) is 86.1 Å². The van der Waals surface area contributed by atoms with E-state index in [9.17, 15) is 4.79 Å². The van der Waals surface area contributed by atoms with Gasteiger partial charge in [0.25, 0.3) is 0 Å². The summed E-state index contributed by atoms with van der Waals surface area (Å²) in [7, 11) is -2.41. The molecule has 4 rings (SSSR count). The van der Waals surface area contributed by atoms with Crippen molar-refractivity contribution in [2.24, 2.45) is 0 Å². The lowest BCUT2D eigenvalue weighted by Gasteiger charge is -2.39. The van der Waals surface area contributed by atoms with Crippen molar-refractivity contribution in [3.63, 3.8) is 0 Å². The van der Waals surface area contributed by atoms with E-state index in [1.54, 1.807) is 0 Å². The van der Waals surface area contributed by atoms with Crippen LogP contribution in [0.1, 0.15) is 58.1 Å². The van der Waals surface area contributed by atoms with Gasteiger partial charge in [-0.05, 0) is 81.1 Å². The minimum Gasteiger partial charge on any atom is -0.444 e. The maximum Gasteiger partial charge on any atom is 0.410 e. The third kappa shape index (κ3) is 9.15. The molecule has 2 aromatic heterocycles. The molecule has 0 saturated carbocycles. The number of fused-ring (bicyclic) bond motifs is 3. The summed E-state index contributed by atoms with van der Waals surface area (Å²) in [6.07, 6.45) is 5.51. The Kier molecular flexibility index (Phi) is 10.7. The monoisotopic (exact) mass is 729 g/mol. The number of rotatable bonds is 12. The number of anilines is 1. The van der Waals surface area contributed by atoms with Crippen molar-refractivity contribution in [2.75, 3.05) is 31.6 Å². The van der Waals surface area contributed by atoms with E-state index in [-0.39, 0.29) is 24.1 Å². The van der Waals surface area contributed by atoms with Crippen molar-refractivity contribution in [1.29, 1.82) is 0 Å². The Labute approximate surface area is 268 Å². The number of amides is 1. The van der Waals surface area contributed by atoms with Crippen molar-refractivity contribution < 1.29 is 19.0 Å². The van der Waals surface area contributed by atoms with E-state index < -0.39 is 21.7 Å². The van der Waals surface area contributed by atoms with Crippen LogP contribution in [0.5, 0.6) is 0 Å². The number of aromatic nitrogens is 3. The maximum atomic E-state index is 13.1. The number of ether oxygens (including phenoxy) is 3. The first-order valence-electron chi connectivity index (χ1n) is 15.5. The molecule has 4 heterocycles. The fourth-order valence-electron chi connectivity index (χ4n) is 5.68. The molecule has 0 aromatic carbocycles. The van der Waals surface area contributed by atoms with Gasteiger partial charge in [0.1, 0.15) is 24.9 Å². The molecule has 2 saturated heterocycles. The summed E-state index contributed by atoms with van der Waals surface area (Å²) in [5.41, 5.74) is 1.43. The van der Waals surface area contributed by atoms with E-state index in [1.165, 1.54) is 0 Å². The van der Waals surface area contributed by atoms with Crippen LogP contribution in [0, 0.1) is 3.57 Å². The Hall–Kier alpha value is -1.23. The molecule has 9 nitrogen and oxygen atoms in total. The SMILES string of the molecule is CC(C)(C)OC(=O)N1C2CC[C@H]1CC(c1cc(N(COCC[Si](C)(C)C)COCC[Si](C)(C)C)n3ncc(I)c3n1)C2. The lowest BCUT2D eigenvalue weighted by atomic mass is 9.88. The highest BCUT2D eigenvalue weighted by molar-refractivity contribution is 14.1. The largest absolute Gasteiger partial charge is 0.444 e. The third-order valence-corrected chi connectivity index (χ3v) is 12.2. The van der Waals surface area contributed by atoms with Gasteiger partial charge >= 0.3 is 6.09 Å². The fraction of sp³-hybridized carbons (Fsp3) is 0.767. The first kappa shape index (κ1) is 33.7. The molecule has 0 aliphatic carbocycles. The predicted molar refractivity (Wildman–Crippen MR) is 183 cm³/mol. The van der Waals surface area contributed by atoms with Crippen molar-refractivity contribution in [3.8, 4) is 0 Å².